The van der Waals surface area contributed by atoms with Crippen molar-refractivity contribution in [2.24, 2.45) is 0 Å². The predicted octanol–water partition coefficient (Wildman–Crippen LogP) is 4.12. The van der Waals surface area contributed by atoms with Crippen LogP contribution in [0.5, 0.6) is 5.75 Å². The zero-order chi connectivity index (χ0) is 15.2. The molecule has 0 aliphatic heterocycles. The van der Waals surface area contributed by atoms with Crippen molar-refractivity contribution in [2.75, 3.05) is 11.9 Å². The Hall–Kier alpha value is -2.25. The van der Waals surface area contributed by atoms with Crippen molar-refractivity contribution < 1.29 is 4.74 Å². The molecule has 108 valence electrons. The van der Waals surface area contributed by atoms with E-state index >= 15 is 0 Å². The highest BCUT2D eigenvalue weighted by Gasteiger charge is 2.09. The molecular formula is C16H16ClN3O. The molecular weight excluding hydrogens is 286 g/mol. The van der Waals surface area contributed by atoms with Crippen LogP contribution in [0.1, 0.15) is 24.1 Å². The molecule has 1 heterocycles. The fourth-order valence-electron chi connectivity index (χ4n) is 1.94. The minimum Gasteiger partial charge on any atom is -0.479 e. The predicted molar refractivity (Wildman–Crippen MR) is 83.6 cm³/mol. The topological polar surface area (TPSA) is 57.9 Å². The first kappa shape index (κ1) is 15.1. The average Bonchev–Trinajstić information content (AvgIpc) is 2.49. The van der Waals surface area contributed by atoms with Gasteiger partial charge >= 0.3 is 0 Å². The Morgan fingerprint density at radius 1 is 1.38 bits per heavy atom. The van der Waals surface area contributed by atoms with Gasteiger partial charge in [-0.15, -0.1) is 0 Å². The molecule has 0 saturated heterocycles. The maximum Gasteiger partial charge on any atom is 0.174 e. The Balaban J connectivity index is 2.08. The summed E-state index contributed by atoms with van der Waals surface area (Å²) in [5.74, 6) is 0.683. The molecule has 1 aromatic carbocycles. The van der Waals surface area contributed by atoms with E-state index in [9.17, 15) is 0 Å². The van der Waals surface area contributed by atoms with Crippen molar-refractivity contribution >= 4 is 17.3 Å². The van der Waals surface area contributed by atoms with E-state index in [1.54, 1.807) is 6.20 Å². The van der Waals surface area contributed by atoms with Crippen molar-refractivity contribution in [2.45, 2.75) is 19.9 Å². The van der Waals surface area contributed by atoms with E-state index in [1.807, 2.05) is 50.2 Å². The molecule has 0 aliphatic carbocycles. The van der Waals surface area contributed by atoms with Crippen LogP contribution in [0.25, 0.3) is 0 Å². The Morgan fingerprint density at radius 3 is 2.76 bits per heavy atom. The number of aromatic nitrogens is 1. The van der Waals surface area contributed by atoms with Gasteiger partial charge in [-0.2, -0.15) is 5.26 Å². The van der Waals surface area contributed by atoms with Crippen LogP contribution in [0, 0.1) is 18.3 Å². The summed E-state index contributed by atoms with van der Waals surface area (Å²) in [5.41, 5.74) is 2.96. The van der Waals surface area contributed by atoms with Crippen molar-refractivity contribution in [3.05, 3.63) is 52.8 Å². The molecule has 0 fully saturated rings. The molecule has 2 aromatic rings. The number of nitrogens with zero attached hydrogens (tertiary/aromatic N) is 2. The third-order valence-electron chi connectivity index (χ3n) is 3.03. The highest BCUT2D eigenvalue weighted by atomic mass is 35.5. The molecule has 0 aliphatic rings. The zero-order valence-corrected chi connectivity index (χ0v) is 12.7. The van der Waals surface area contributed by atoms with E-state index < -0.39 is 0 Å². The van der Waals surface area contributed by atoms with E-state index in [1.165, 1.54) is 0 Å². The van der Waals surface area contributed by atoms with E-state index in [0.717, 1.165) is 16.8 Å². The number of aryl methyl sites for hydroxylation is 1. The Kier molecular flexibility index (Phi) is 5.02. The molecule has 0 amide bonds. The summed E-state index contributed by atoms with van der Waals surface area (Å²) in [4.78, 5) is 4.13. The van der Waals surface area contributed by atoms with E-state index in [-0.39, 0.29) is 12.6 Å². The molecule has 5 heteroatoms. The lowest BCUT2D eigenvalue weighted by Crippen LogP contribution is -2.07. The third-order valence-corrected chi connectivity index (χ3v) is 3.33. The SMILES string of the molecule is Cc1cnc(Cl)c(NC(C)c2ccc(OCC#N)cc2)c1. The number of anilines is 1. The van der Waals surface area contributed by atoms with Crippen LogP contribution in [0.4, 0.5) is 5.69 Å². The van der Waals surface area contributed by atoms with E-state index in [0.29, 0.717) is 10.9 Å². The fourth-order valence-corrected chi connectivity index (χ4v) is 2.10. The van der Waals surface area contributed by atoms with Gasteiger partial charge in [-0.3, -0.25) is 0 Å². The molecule has 1 N–H and O–H groups in total. The van der Waals surface area contributed by atoms with Gasteiger partial charge in [0.25, 0.3) is 0 Å². The van der Waals surface area contributed by atoms with Crippen LogP contribution in [0.3, 0.4) is 0 Å². The van der Waals surface area contributed by atoms with Crippen LogP contribution in [0.2, 0.25) is 5.15 Å². The second-order valence-electron chi connectivity index (χ2n) is 4.73. The number of pyridine rings is 1. The van der Waals surface area contributed by atoms with Crippen LogP contribution in [-0.4, -0.2) is 11.6 Å². The summed E-state index contributed by atoms with van der Waals surface area (Å²) in [6.45, 7) is 4.07. The number of nitrogens with one attached hydrogen (secondary N) is 1. The van der Waals surface area contributed by atoms with Crippen molar-refractivity contribution in [1.29, 1.82) is 5.26 Å². The van der Waals surface area contributed by atoms with Gasteiger partial charge < -0.3 is 10.1 Å². The van der Waals surface area contributed by atoms with Crippen molar-refractivity contribution in [3.8, 4) is 11.8 Å². The fraction of sp³-hybridized carbons (Fsp3) is 0.250. The van der Waals surface area contributed by atoms with Crippen molar-refractivity contribution in [3.63, 3.8) is 0 Å². The maximum atomic E-state index is 8.48. The summed E-state index contributed by atoms with van der Waals surface area (Å²) in [6, 6.07) is 11.6. The van der Waals surface area contributed by atoms with E-state index in [4.69, 9.17) is 21.6 Å². The molecule has 1 aromatic heterocycles. The van der Waals surface area contributed by atoms with Gasteiger partial charge in [0, 0.05) is 12.2 Å². The number of rotatable bonds is 5. The number of halogens is 1. The van der Waals surface area contributed by atoms with Gasteiger partial charge in [0.1, 0.15) is 11.8 Å². The van der Waals surface area contributed by atoms with Gasteiger partial charge in [0.05, 0.1) is 5.69 Å². The molecule has 1 atom stereocenters. The lowest BCUT2D eigenvalue weighted by molar-refractivity contribution is 0.368. The summed E-state index contributed by atoms with van der Waals surface area (Å²) in [7, 11) is 0. The summed E-state index contributed by atoms with van der Waals surface area (Å²) >= 11 is 6.09. The zero-order valence-electron chi connectivity index (χ0n) is 11.9. The Morgan fingerprint density at radius 2 is 2.10 bits per heavy atom. The first-order valence-corrected chi connectivity index (χ1v) is 6.96. The molecule has 0 spiro atoms. The smallest absolute Gasteiger partial charge is 0.174 e. The largest absolute Gasteiger partial charge is 0.479 e. The molecule has 0 saturated carbocycles. The number of nitriles is 1. The summed E-state index contributed by atoms with van der Waals surface area (Å²) < 4.78 is 5.23. The highest BCUT2D eigenvalue weighted by molar-refractivity contribution is 6.31. The van der Waals surface area contributed by atoms with Gasteiger partial charge in [-0.1, -0.05) is 23.7 Å². The lowest BCUT2D eigenvalue weighted by atomic mass is 10.1. The Bertz CT molecular complexity index is 650. The number of benzene rings is 1. The molecule has 21 heavy (non-hydrogen) atoms. The van der Waals surface area contributed by atoms with Crippen LogP contribution in [0.15, 0.2) is 36.5 Å². The van der Waals surface area contributed by atoms with Gasteiger partial charge in [-0.05, 0) is 43.2 Å². The highest BCUT2D eigenvalue weighted by Crippen LogP contribution is 2.26. The number of ether oxygens (including phenoxy) is 1. The number of hydrogen-bond donors (Lipinski definition) is 1. The Labute approximate surface area is 129 Å². The van der Waals surface area contributed by atoms with Crippen LogP contribution in [-0.2, 0) is 0 Å². The summed E-state index contributed by atoms with van der Waals surface area (Å²) in [6.07, 6.45) is 1.74. The van der Waals surface area contributed by atoms with Gasteiger partial charge in [0.2, 0.25) is 0 Å². The quantitative estimate of drug-likeness (QED) is 0.844. The average molecular weight is 302 g/mol. The van der Waals surface area contributed by atoms with Gasteiger partial charge in [-0.25, -0.2) is 4.98 Å². The number of hydrogen-bond acceptors (Lipinski definition) is 4. The summed E-state index contributed by atoms with van der Waals surface area (Å²) in [5, 5.41) is 12.3. The lowest BCUT2D eigenvalue weighted by Gasteiger charge is -2.17. The molecule has 4 nitrogen and oxygen atoms in total. The van der Waals surface area contributed by atoms with Crippen molar-refractivity contribution in [1.82, 2.24) is 4.98 Å². The molecule has 0 radical (unpaired) electrons. The normalized spacial score (nSPS) is 11.5. The first-order valence-electron chi connectivity index (χ1n) is 6.58. The second kappa shape index (κ2) is 6.96. The molecule has 2 rings (SSSR count). The minimum absolute atomic E-state index is 0.0533. The van der Waals surface area contributed by atoms with E-state index in [2.05, 4.69) is 10.3 Å². The monoisotopic (exact) mass is 301 g/mol. The first-order chi connectivity index (χ1) is 10.1. The van der Waals surface area contributed by atoms with Gasteiger partial charge in [0.15, 0.2) is 11.8 Å². The van der Waals surface area contributed by atoms with Crippen LogP contribution < -0.4 is 10.1 Å². The minimum atomic E-state index is 0.0533. The second-order valence-corrected chi connectivity index (χ2v) is 5.09. The third kappa shape index (κ3) is 4.11. The molecule has 0 bridgehead atoms. The van der Waals surface area contributed by atoms with Crippen LogP contribution >= 0.6 is 11.6 Å². The standard InChI is InChI=1S/C16H16ClN3O/c1-11-9-15(16(17)19-10-11)20-12(2)13-3-5-14(6-4-13)21-8-7-18/h3-6,9-10,12,20H,8H2,1-2H3. The molecule has 1 unspecified atom stereocenters. The maximum absolute atomic E-state index is 8.48.